The van der Waals surface area contributed by atoms with Crippen molar-refractivity contribution in [3.8, 4) is 5.75 Å². The fourth-order valence-electron chi connectivity index (χ4n) is 6.02. The zero-order chi connectivity index (χ0) is 27.7. The highest BCUT2D eigenvalue weighted by Gasteiger charge is 2.42. The number of ether oxygens (including phenoxy) is 1. The molecule has 10 heteroatoms. The average molecular weight is 535 g/mol. The van der Waals surface area contributed by atoms with Gasteiger partial charge in [-0.15, -0.1) is 0 Å². The number of carbonyl (C=O) groups is 2. The first-order valence-electron chi connectivity index (χ1n) is 12.7. The van der Waals surface area contributed by atoms with Gasteiger partial charge in [0.05, 0.1) is 12.1 Å². The molecule has 4 rings (SSSR count). The summed E-state index contributed by atoms with van der Waals surface area (Å²) >= 11 is 0. The fourth-order valence-corrected chi connectivity index (χ4v) is 6.02. The van der Waals surface area contributed by atoms with Gasteiger partial charge in [0.1, 0.15) is 17.9 Å². The number of halogens is 3. The van der Waals surface area contributed by atoms with Gasteiger partial charge in [-0.1, -0.05) is 30.3 Å². The average Bonchev–Trinajstić information content (AvgIpc) is 3.29. The SMILES string of the molecule is CN(C)C1(c2ccccc2)CCC(Cc2cc(O[C@H]3C[C@@H](C(=O)O)N(C(=O)O)C3)ccc2C(F)(F)F)CC1. The van der Waals surface area contributed by atoms with E-state index in [0.717, 1.165) is 36.6 Å². The fraction of sp³-hybridized carbons (Fsp3) is 0.500. The molecule has 2 aromatic rings. The monoisotopic (exact) mass is 534 g/mol. The second-order valence-electron chi connectivity index (χ2n) is 10.5. The third-order valence-electron chi connectivity index (χ3n) is 8.09. The Labute approximate surface area is 219 Å². The molecule has 2 fully saturated rings. The molecule has 1 saturated carbocycles. The molecule has 1 heterocycles. The van der Waals surface area contributed by atoms with Gasteiger partial charge in [0.25, 0.3) is 0 Å². The first-order chi connectivity index (χ1) is 17.9. The molecule has 0 bridgehead atoms. The number of rotatable bonds is 7. The molecule has 2 atom stereocenters. The molecular formula is C28H33F3N2O5. The summed E-state index contributed by atoms with van der Waals surface area (Å²) in [6, 6.07) is 12.5. The first-order valence-corrected chi connectivity index (χ1v) is 12.7. The second-order valence-corrected chi connectivity index (χ2v) is 10.5. The van der Waals surface area contributed by atoms with Crippen LogP contribution in [0.5, 0.6) is 5.75 Å². The smallest absolute Gasteiger partial charge is 0.416 e. The molecule has 1 saturated heterocycles. The Kier molecular flexibility index (Phi) is 7.92. The van der Waals surface area contributed by atoms with Crippen LogP contribution in [0, 0.1) is 5.92 Å². The zero-order valence-electron chi connectivity index (χ0n) is 21.4. The van der Waals surface area contributed by atoms with Gasteiger partial charge in [0, 0.05) is 12.0 Å². The molecule has 0 aromatic heterocycles. The summed E-state index contributed by atoms with van der Waals surface area (Å²) in [6.07, 6.45) is -3.30. The van der Waals surface area contributed by atoms with E-state index in [1.807, 2.05) is 32.3 Å². The van der Waals surface area contributed by atoms with Gasteiger partial charge < -0.3 is 14.9 Å². The van der Waals surface area contributed by atoms with Gasteiger partial charge in [-0.2, -0.15) is 13.2 Å². The molecule has 1 aliphatic carbocycles. The molecule has 1 amide bonds. The van der Waals surface area contributed by atoms with E-state index >= 15 is 0 Å². The molecule has 0 spiro atoms. The van der Waals surface area contributed by atoms with Crippen LogP contribution in [0.1, 0.15) is 48.8 Å². The van der Waals surface area contributed by atoms with Crippen LogP contribution in [-0.4, -0.2) is 64.9 Å². The number of nitrogens with zero attached hydrogens (tertiary/aromatic N) is 2. The van der Waals surface area contributed by atoms with E-state index in [0.29, 0.717) is 0 Å². The zero-order valence-corrected chi connectivity index (χ0v) is 21.4. The summed E-state index contributed by atoms with van der Waals surface area (Å²) in [7, 11) is 4.08. The predicted molar refractivity (Wildman–Crippen MR) is 134 cm³/mol. The van der Waals surface area contributed by atoms with Crippen LogP contribution in [-0.2, 0) is 22.9 Å². The molecule has 38 heavy (non-hydrogen) atoms. The molecule has 7 nitrogen and oxygen atoms in total. The highest BCUT2D eigenvalue weighted by molar-refractivity contribution is 5.80. The van der Waals surface area contributed by atoms with Crippen molar-refractivity contribution in [1.29, 1.82) is 0 Å². The standard InChI is InChI=1S/C28H33F3N2O5/c1-32(2)27(20-6-4-3-5-7-20)12-10-18(11-13-27)14-19-15-21(8-9-23(19)28(29,30)31)38-22-16-24(25(34)35)33(17-22)26(36)37/h3-9,15,18,22,24H,10-14,16-17H2,1-2H3,(H,34,35)(H,36,37)/t18?,22-,24-,27?/m0/s1. The molecule has 0 radical (unpaired) electrons. The lowest BCUT2D eigenvalue weighted by Crippen LogP contribution is -2.44. The van der Waals surface area contributed by atoms with Gasteiger partial charge in [-0.3, -0.25) is 9.80 Å². The third kappa shape index (κ3) is 5.75. The maximum absolute atomic E-state index is 13.9. The lowest BCUT2D eigenvalue weighted by molar-refractivity contribution is -0.141. The normalized spacial score (nSPS) is 25.9. The number of alkyl halides is 3. The Balaban J connectivity index is 1.51. The van der Waals surface area contributed by atoms with Crippen molar-refractivity contribution in [2.75, 3.05) is 20.6 Å². The topological polar surface area (TPSA) is 90.3 Å². The number of carboxylic acids is 1. The largest absolute Gasteiger partial charge is 0.488 e. The Bertz CT molecular complexity index is 1120. The van der Waals surface area contributed by atoms with Gasteiger partial charge in [0.15, 0.2) is 0 Å². The molecule has 206 valence electrons. The van der Waals surface area contributed by atoms with Gasteiger partial charge in [0.2, 0.25) is 0 Å². The van der Waals surface area contributed by atoms with Crippen molar-refractivity contribution >= 4 is 12.1 Å². The van der Waals surface area contributed by atoms with Crippen molar-refractivity contribution in [3.05, 3.63) is 65.2 Å². The van der Waals surface area contributed by atoms with Crippen LogP contribution in [0.4, 0.5) is 18.0 Å². The molecule has 2 aromatic carbocycles. The maximum Gasteiger partial charge on any atom is 0.416 e. The summed E-state index contributed by atoms with van der Waals surface area (Å²) in [5.41, 5.74) is 0.482. The third-order valence-corrected chi connectivity index (χ3v) is 8.09. The van der Waals surface area contributed by atoms with E-state index in [1.54, 1.807) is 0 Å². The highest BCUT2D eigenvalue weighted by atomic mass is 19.4. The van der Waals surface area contributed by atoms with Crippen LogP contribution < -0.4 is 4.74 Å². The first kappa shape index (κ1) is 27.8. The number of hydrogen-bond acceptors (Lipinski definition) is 4. The van der Waals surface area contributed by atoms with E-state index in [-0.39, 0.29) is 42.2 Å². The van der Waals surface area contributed by atoms with Crippen molar-refractivity contribution in [2.24, 2.45) is 5.92 Å². The summed E-state index contributed by atoms with van der Waals surface area (Å²) in [5.74, 6) is -1.04. The van der Waals surface area contributed by atoms with E-state index in [1.165, 1.54) is 17.7 Å². The molecule has 1 aliphatic heterocycles. The van der Waals surface area contributed by atoms with Crippen molar-refractivity contribution < 1.29 is 37.7 Å². The number of carboxylic acid groups (broad SMARTS) is 2. The minimum atomic E-state index is -4.53. The van der Waals surface area contributed by atoms with Gasteiger partial charge in [-0.05, 0) is 81.4 Å². The highest BCUT2D eigenvalue weighted by Crippen LogP contribution is 2.45. The summed E-state index contributed by atoms with van der Waals surface area (Å²) in [5, 5.41) is 18.6. The Morgan fingerprint density at radius 3 is 2.26 bits per heavy atom. The van der Waals surface area contributed by atoms with Crippen LogP contribution in [0.3, 0.4) is 0 Å². The predicted octanol–water partition coefficient (Wildman–Crippen LogP) is 5.48. The maximum atomic E-state index is 13.9. The quantitative estimate of drug-likeness (QED) is 0.489. The molecule has 0 unspecified atom stereocenters. The number of likely N-dealkylation sites (tertiary alicyclic amines) is 1. The summed E-state index contributed by atoms with van der Waals surface area (Å²) < 4.78 is 47.5. The van der Waals surface area contributed by atoms with Crippen LogP contribution in [0.15, 0.2) is 48.5 Å². The molecular weight excluding hydrogens is 501 g/mol. The number of benzene rings is 2. The van der Waals surface area contributed by atoms with Crippen LogP contribution in [0.2, 0.25) is 0 Å². The summed E-state index contributed by atoms with van der Waals surface area (Å²) in [4.78, 5) is 25.8. The van der Waals surface area contributed by atoms with Crippen LogP contribution >= 0.6 is 0 Å². The van der Waals surface area contributed by atoms with Gasteiger partial charge in [-0.25, -0.2) is 9.59 Å². The van der Waals surface area contributed by atoms with Crippen molar-refractivity contribution in [1.82, 2.24) is 9.80 Å². The minimum Gasteiger partial charge on any atom is -0.488 e. The van der Waals surface area contributed by atoms with E-state index < -0.39 is 35.9 Å². The minimum absolute atomic E-state index is 0.0634. The lowest BCUT2D eigenvalue weighted by Gasteiger charge is -2.45. The molecule has 2 aliphatic rings. The van der Waals surface area contributed by atoms with E-state index in [4.69, 9.17) is 4.74 Å². The number of hydrogen-bond donors (Lipinski definition) is 2. The number of aliphatic carboxylic acids is 1. The van der Waals surface area contributed by atoms with Crippen molar-refractivity contribution in [3.63, 3.8) is 0 Å². The lowest BCUT2D eigenvalue weighted by atomic mass is 9.70. The van der Waals surface area contributed by atoms with E-state index in [9.17, 15) is 33.0 Å². The molecule has 2 N–H and O–H groups in total. The summed E-state index contributed by atoms with van der Waals surface area (Å²) in [6.45, 7) is -0.169. The second kappa shape index (κ2) is 10.8. The Morgan fingerprint density at radius 1 is 1.08 bits per heavy atom. The van der Waals surface area contributed by atoms with E-state index in [2.05, 4.69) is 17.0 Å². The number of amides is 1. The van der Waals surface area contributed by atoms with Crippen molar-refractivity contribution in [2.45, 2.75) is 62.4 Å². The van der Waals surface area contributed by atoms with Crippen LogP contribution in [0.25, 0.3) is 0 Å². The van der Waals surface area contributed by atoms with Gasteiger partial charge >= 0.3 is 18.2 Å². The Morgan fingerprint density at radius 2 is 1.74 bits per heavy atom. The Hall–Kier alpha value is -3.27.